The van der Waals surface area contributed by atoms with Gasteiger partial charge < -0.3 is 31.6 Å². The van der Waals surface area contributed by atoms with Gasteiger partial charge in [0.15, 0.2) is 0 Å². The fourth-order valence-corrected chi connectivity index (χ4v) is 2.63. The van der Waals surface area contributed by atoms with E-state index < -0.39 is 6.10 Å². The third-order valence-electron chi connectivity index (χ3n) is 5.01. The second-order valence-corrected chi connectivity index (χ2v) is 9.77. The van der Waals surface area contributed by atoms with Crippen molar-refractivity contribution in [3.63, 3.8) is 0 Å². The molecule has 0 aromatic rings. The lowest BCUT2D eigenvalue weighted by Crippen LogP contribution is -2.51. The van der Waals surface area contributed by atoms with E-state index in [-0.39, 0.29) is 30.1 Å². The van der Waals surface area contributed by atoms with E-state index in [1.807, 2.05) is 40.8 Å². The van der Waals surface area contributed by atoms with Gasteiger partial charge in [-0.2, -0.15) is 0 Å². The molecular weight excluding hydrogens is 440 g/mol. The summed E-state index contributed by atoms with van der Waals surface area (Å²) in [4.78, 5) is 21.7. The van der Waals surface area contributed by atoms with Crippen molar-refractivity contribution in [2.45, 2.75) is 104 Å². The number of amides is 2. The number of aldehydes is 1. The van der Waals surface area contributed by atoms with Crippen LogP contribution in [0.4, 0.5) is 4.79 Å². The Balaban J connectivity index is -0.000000594. The zero-order valence-corrected chi connectivity index (χ0v) is 23.5. The van der Waals surface area contributed by atoms with Gasteiger partial charge in [0.1, 0.15) is 6.29 Å². The second kappa shape index (κ2) is 25.1. The Bertz CT molecular complexity index is 559. The zero-order valence-electron chi connectivity index (χ0n) is 23.5. The summed E-state index contributed by atoms with van der Waals surface area (Å²) >= 11 is 0. The average molecular weight is 497 g/mol. The van der Waals surface area contributed by atoms with Crippen molar-refractivity contribution in [3.05, 3.63) is 37.5 Å². The van der Waals surface area contributed by atoms with Crippen LogP contribution in [0.25, 0.3) is 0 Å². The molecule has 6 N–H and O–H groups in total. The van der Waals surface area contributed by atoms with Gasteiger partial charge >= 0.3 is 6.03 Å². The highest BCUT2D eigenvalue weighted by Gasteiger charge is 2.20. The van der Waals surface area contributed by atoms with E-state index in [1.54, 1.807) is 6.08 Å². The van der Waals surface area contributed by atoms with Crippen LogP contribution in [0, 0.1) is 5.41 Å². The molecule has 3 atom stereocenters. The van der Waals surface area contributed by atoms with E-state index in [9.17, 15) is 14.7 Å². The van der Waals surface area contributed by atoms with Crippen LogP contribution < -0.4 is 21.7 Å². The molecule has 0 spiro atoms. The predicted octanol–water partition coefficient (Wildman–Crippen LogP) is 4.87. The first-order valence-corrected chi connectivity index (χ1v) is 12.9. The minimum atomic E-state index is -0.551. The number of aliphatic hydroxyl groups is 1. The largest absolute Gasteiger partial charge is 0.391 e. The lowest BCUT2D eigenvalue weighted by atomic mass is 9.93. The first-order valence-electron chi connectivity index (χ1n) is 12.9. The molecule has 2 amide bonds. The highest BCUT2D eigenvalue weighted by atomic mass is 16.3. The predicted molar refractivity (Wildman–Crippen MR) is 152 cm³/mol. The van der Waals surface area contributed by atoms with Crippen molar-refractivity contribution < 1.29 is 14.7 Å². The number of urea groups is 1. The Hall–Kier alpha value is -1.96. The second-order valence-electron chi connectivity index (χ2n) is 9.77. The van der Waals surface area contributed by atoms with Crippen molar-refractivity contribution in [3.8, 4) is 0 Å². The van der Waals surface area contributed by atoms with Gasteiger partial charge in [-0.3, -0.25) is 0 Å². The summed E-state index contributed by atoms with van der Waals surface area (Å²) in [5.41, 5.74) is 6.92. The van der Waals surface area contributed by atoms with Crippen LogP contribution in [0.15, 0.2) is 37.5 Å². The molecule has 7 nitrogen and oxygen atoms in total. The van der Waals surface area contributed by atoms with Crippen molar-refractivity contribution in [1.82, 2.24) is 16.0 Å². The molecule has 7 heteroatoms. The summed E-state index contributed by atoms with van der Waals surface area (Å²) < 4.78 is 0. The van der Waals surface area contributed by atoms with Gasteiger partial charge in [0.05, 0.1) is 12.1 Å². The first kappa shape index (κ1) is 37.6. The van der Waals surface area contributed by atoms with Crippen molar-refractivity contribution >= 4 is 12.3 Å². The number of unbranched alkanes of at least 4 members (excludes halogenated alkanes) is 3. The van der Waals surface area contributed by atoms with Gasteiger partial charge in [0.2, 0.25) is 0 Å². The van der Waals surface area contributed by atoms with Crippen LogP contribution in [0.5, 0.6) is 0 Å². The maximum Gasteiger partial charge on any atom is 0.315 e. The lowest BCUT2D eigenvalue weighted by Gasteiger charge is -2.25. The van der Waals surface area contributed by atoms with Gasteiger partial charge in [0, 0.05) is 19.0 Å². The molecule has 0 saturated carbocycles. The van der Waals surface area contributed by atoms with Crippen LogP contribution in [0.2, 0.25) is 0 Å². The summed E-state index contributed by atoms with van der Waals surface area (Å²) in [6.45, 7) is 22.5. The van der Waals surface area contributed by atoms with Gasteiger partial charge in [-0.1, -0.05) is 71.8 Å². The van der Waals surface area contributed by atoms with Gasteiger partial charge in [-0.05, 0) is 51.1 Å². The van der Waals surface area contributed by atoms with Crippen LogP contribution in [-0.4, -0.2) is 55.7 Å². The summed E-state index contributed by atoms with van der Waals surface area (Å²) in [6, 6.07) is -1.10. The van der Waals surface area contributed by atoms with E-state index in [0.29, 0.717) is 12.8 Å². The van der Waals surface area contributed by atoms with E-state index >= 15 is 0 Å². The third kappa shape index (κ3) is 28.2. The number of rotatable bonds is 16. The monoisotopic (exact) mass is 496 g/mol. The van der Waals surface area contributed by atoms with E-state index in [1.165, 1.54) is 25.7 Å². The van der Waals surface area contributed by atoms with E-state index in [0.717, 1.165) is 31.2 Å². The molecule has 0 heterocycles. The number of allylic oxidation sites excluding steroid dienone is 1. The van der Waals surface area contributed by atoms with Crippen LogP contribution in [0.3, 0.4) is 0 Å². The van der Waals surface area contributed by atoms with E-state index in [2.05, 4.69) is 42.6 Å². The minimum absolute atomic E-state index is 0.182. The van der Waals surface area contributed by atoms with Crippen LogP contribution >= 0.6 is 0 Å². The molecule has 0 saturated heterocycles. The Kier molecular flexibility index (Phi) is 27.0. The van der Waals surface area contributed by atoms with Crippen molar-refractivity contribution in [2.24, 2.45) is 11.1 Å². The van der Waals surface area contributed by atoms with Gasteiger partial charge in [-0.25, -0.2) is 4.79 Å². The number of hydrogen-bond acceptors (Lipinski definition) is 5. The number of carbonyl (C=O) groups excluding carboxylic acids is 2. The lowest BCUT2D eigenvalue weighted by molar-refractivity contribution is -0.109. The first-order chi connectivity index (χ1) is 16.4. The molecule has 0 aromatic carbocycles. The highest BCUT2D eigenvalue weighted by molar-refractivity contribution is 5.74. The maximum atomic E-state index is 11.9. The molecule has 206 valence electrons. The summed E-state index contributed by atoms with van der Waals surface area (Å²) in [5.74, 6) is 0. The number of hydrogen-bond donors (Lipinski definition) is 5. The normalized spacial score (nSPS) is 12.9. The molecule has 0 rings (SSSR count). The Morgan fingerprint density at radius 1 is 1.14 bits per heavy atom. The Morgan fingerprint density at radius 3 is 2.17 bits per heavy atom. The molecule has 0 aliphatic rings. The van der Waals surface area contributed by atoms with Crippen LogP contribution in [0.1, 0.15) is 86.0 Å². The van der Waals surface area contributed by atoms with E-state index in [4.69, 9.17) is 5.73 Å². The van der Waals surface area contributed by atoms with Crippen molar-refractivity contribution in [1.29, 1.82) is 0 Å². The Morgan fingerprint density at radius 2 is 1.77 bits per heavy atom. The molecule has 0 aliphatic heterocycles. The number of nitrogens with two attached hydrogens (primary N) is 1. The molecule has 0 radical (unpaired) electrons. The summed E-state index contributed by atoms with van der Waals surface area (Å²) in [6.07, 6.45) is 12.0. The smallest absolute Gasteiger partial charge is 0.315 e. The molecular formula is C28H56N4O3. The third-order valence-corrected chi connectivity index (χ3v) is 5.01. The number of carbonyl (C=O) groups is 2. The van der Waals surface area contributed by atoms with Gasteiger partial charge in [0.25, 0.3) is 0 Å². The maximum absolute atomic E-state index is 11.9. The average Bonchev–Trinajstić information content (AvgIpc) is 2.80. The Labute approximate surface area is 216 Å². The molecule has 3 unspecified atom stereocenters. The number of aliphatic hydroxyl groups excluding tert-OH is 1. The zero-order chi connectivity index (χ0) is 27.7. The standard InChI is InChI=1S/C15H30N4O2.C7H14.C6H12O/c1-5-11(3)14(13(16)6-2)19-15(21)18-10-12(20)8-7-9-17-4;1-3-5-7-6-4-2;1-6(2,3)4-5-7/h6,12-14,17,20H,2-3,5,7-10,16H2,1,4H3,(H2,18,19,21);3H,1,4-7H2,2H3;5H,4H2,1-3H3. The number of nitrogens with one attached hydrogen (secondary N) is 3. The van der Waals surface area contributed by atoms with Crippen molar-refractivity contribution in [2.75, 3.05) is 20.1 Å². The fraction of sp³-hybridized carbons (Fsp3) is 0.714. The molecule has 0 aliphatic carbocycles. The van der Waals surface area contributed by atoms with Gasteiger partial charge in [-0.15, -0.1) is 13.2 Å². The minimum Gasteiger partial charge on any atom is -0.391 e. The molecule has 0 bridgehead atoms. The quantitative estimate of drug-likeness (QED) is 0.119. The summed E-state index contributed by atoms with van der Waals surface area (Å²) in [7, 11) is 1.86. The SMILES string of the molecule is C=CC(N)C(NC(=O)NCC(O)CCCNC)C(=C)CC.C=CCCCCC.CC(C)(C)CC=O. The molecule has 0 aromatic heterocycles. The topological polar surface area (TPSA) is 116 Å². The van der Waals surface area contributed by atoms with Crippen LogP contribution in [-0.2, 0) is 4.79 Å². The molecule has 0 fully saturated rings. The summed E-state index contributed by atoms with van der Waals surface area (Å²) in [5, 5.41) is 18.2. The highest BCUT2D eigenvalue weighted by Crippen LogP contribution is 2.15. The molecule has 35 heavy (non-hydrogen) atoms. The fourth-order valence-electron chi connectivity index (χ4n) is 2.63.